The largest absolute Gasteiger partial charge is 0.328 e. The average Bonchev–Trinajstić information content (AvgIpc) is 3.22. The van der Waals surface area contributed by atoms with Gasteiger partial charge in [0.2, 0.25) is 5.82 Å². The fraction of sp³-hybridized carbons (Fsp3) is 0.125. The van der Waals surface area contributed by atoms with Crippen LogP contribution >= 0.6 is 0 Å². The van der Waals surface area contributed by atoms with Crippen LogP contribution in [0.2, 0.25) is 0 Å². The highest BCUT2D eigenvalue weighted by molar-refractivity contribution is 6.04. The summed E-state index contributed by atoms with van der Waals surface area (Å²) in [6.07, 6.45) is 4.13. The van der Waals surface area contributed by atoms with Crippen molar-refractivity contribution < 1.29 is 9.32 Å². The molecule has 108 valence electrons. The smallest absolute Gasteiger partial charge is 0.316 e. The zero-order valence-corrected chi connectivity index (χ0v) is 11.6. The Morgan fingerprint density at radius 3 is 2.82 bits per heavy atom. The minimum absolute atomic E-state index is 0.00325. The third-order valence-corrected chi connectivity index (χ3v) is 3.68. The van der Waals surface area contributed by atoms with Crippen LogP contribution in [0, 0.1) is 0 Å². The molecule has 0 aliphatic carbocycles. The van der Waals surface area contributed by atoms with E-state index in [1.54, 1.807) is 29.4 Å². The van der Waals surface area contributed by atoms with Crippen LogP contribution in [-0.2, 0) is 6.42 Å². The van der Waals surface area contributed by atoms with Crippen LogP contribution in [0.25, 0.3) is 11.4 Å². The first kappa shape index (κ1) is 12.7. The van der Waals surface area contributed by atoms with Crippen molar-refractivity contribution in [2.24, 2.45) is 0 Å². The van der Waals surface area contributed by atoms with E-state index in [-0.39, 0.29) is 11.8 Å². The van der Waals surface area contributed by atoms with Crippen molar-refractivity contribution in [3.05, 3.63) is 60.2 Å². The summed E-state index contributed by atoms with van der Waals surface area (Å²) in [7, 11) is 0. The number of pyridine rings is 1. The molecule has 1 aliphatic heterocycles. The molecule has 6 nitrogen and oxygen atoms in total. The van der Waals surface area contributed by atoms with Gasteiger partial charge >= 0.3 is 11.8 Å². The number of para-hydroxylation sites is 1. The Morgan fingerprint density at radius 1 is 1.14 bits per heavy atom. The second-order valence-electron chi connectivity index (χ2n) is 4.99. The highest BCUT2D eigenvalue weighted by Gasteiger charge is 2.29. The summed E-state index contributed by atoms with van der Waals surface area (Å²) in [5.74, 6) is 0.125. The highest BCUT2D eigenvalue weighted by atomic mass is 16.5. The first-order valence-electron chi connectivity index (χ1n) is 6.97. The number of carbonyl (C=O) groups excluding carboxylic acids is 1. The van der Waals surface area contributed by atoms with Gasteiger partial charge < -0.3 is 9.42 Å². The average molecular weight is 292 g/mol. The lowest BCUT2D eigenvalue weighted by molar-refractivity contribution is 0.0947. The SMILES string of the molecule is O=C(c1nc(-c2ccncc2)no1)N1CCc2ccccc21. The number of carbonyl (C=O) groups is 1. The molecular formula is C16H12N4O2. The van der Waals surface area contributed by atoms with Crippen LogP contribution in [-0.4, -0.2) is 27.6 Å². The number of amides is 1. The molecule has 0 saturated carbocycles. The van der Waals surface area contributed by atoms with Crippen molar-refractivity contribution in [3.8, 4) is 11.4 Å². The van der Waals surface area contributed by atoms with Gasteiger partial charge in [-0.05, 0) is 30.2 Å². The molecule has 6 heteroatoms. The van der Waals surface area contributed by atoms with Crippen molar-refractivity contribution in [2.45, 2.75) is 6.42 Å². The Labute approximate surface area is 126 Å². The van der Waals surface area contributed by atoms with Gasteiger partial charge in [0.1, 0.15) is 0 Å². The fourth-order valence-corrected chi connectivity index (χ4v) is 2.59. The molecule has 0 unspecified atom stereocenters. The van der Waals surface area contributed by atoms with E-state index < -0.39 is 0 Å². The van der Waals surface area contributed by atoms with Gasteiger partial charge in [-0.15, -0.1) is 0 Å². The third kappa shape index (κ3) is 2.05. The van der Waals surface area contributed by atoms with Crippen LogP contribution in [0.5, 0.6) is 0 Å². The lowest BCUT2D eigenvalue weighted by Gasteiger charge is -2.14. The molecule has 4 rings (SSSR count). The Morgan fingerprint density at radius 2 is 1.95 bits per heavy atom. The van der Waals surface area contributed by atoms with E-state index in [9.17, 15) is 4.79 Å². The fourth-order valence-electron chi connectivity index (χ4n) is 2.59. The standard InChI is InChI=1S/C16H12N4O2/c21-16(20-10-7-11-3-1-2-4-13(11)20)15-18-14(19-22-15)12-5-8-17-9-6-12/h1-6,8-9H,7,10H2. The predicted octanol–water partition coefficient (Wildman–Crippen LogP) is 2.33. The molecule has 0 radical (unpaired) electrons. The molecule has 1 amide bonds. The third-order valence-electron chi connectivity index (χ3n) is 3.68. The number of rotatable bonds is 2. The minimum atomic E-state index is -0.266. The number of nitrogens with zero attached hydrogens (tertiary/aromatic N) is 4. The molecule has 22 heavy (non-hydrogen) atoms. The number of benzene rings is 1. The van der Waals surface area contributed by atoms with E-state index in [2.05, 4.69) is 15.1 Å². The van der Waals surface area contributed by atoms with Gasteiger partial charge in [-0.3, -0.25) is 9.78 Å². The second kappa shape index (κ2) is 5.07. The number of anilines is 1. The molecule has 0 fully saturated rings. The quantitative estimate of drug-likeness (QED) is 0.725. The number of hydrogen-bond acceptors (Lipinski definition) is 5. The van der Waals surface area contributed by atoms with Gasteiger partial charge in [0, 0.05) is 30.2 Å². The van der Waals surface area contributed by atoms with E-state index in [4.69, 9.17) is 4.52 Å². The topological polar surface area (TPSA) is 72.1 Å². The first-order chi connectivity index (χ1) is 10.8. The van der Waals surface area contributed by atoms with Crippen molar-refractivity contribution in [3.63, 3.8) is 0 Å². The Hall–Kier alpha value is -3.02. The molecule has 0 spiro atoms. The van der Waals surface area contributed by atoms with Crippen molar-refractivity contribution in [2.75, 3.05) is 11.4 Å². The number of hydrogen-bond donors (Lipinski definition) is 0. The maximum Gasteiger partial charge on any atom is 0.316 e. The summed E-state index contributed by atoms with van der Waals surface area (Å²) in [5, 5.41) is 3.87. The van der Waals surface area contributed by atoms with Crippen LogP contribution in [0.4, 0.5) is 5.69 Å². The highest BCUT2D eigenvalue weighted by Crippen LogP contribution is 2.28. The van der Waals surface area contributed by atoms with E-state index in [1.165, 1.54) is 0 Å². The van der Waals surface area contributed by atoms with Gasteiger partial charge in [0.05, 0.1) is 0 Å². The summed E-state index contributed by atoms with van der Waals surface area (Å²) in [6, 6.07) is 11.4. The van der Waals surface area contributed by atoms with Gasteiger partial charge in [0.15, 0.2) is 0 Å². The molecule has 1 aliphatic rings. The molecule has 0 bridgehead atoms. The molecule has 0 saturated heterocycles. The molecule has 0 N–H and O–H groups in total. The van der Waals surface area contributed by atoms with Gasteiger partial charge in [-0.2, -0.15) is 4.98 Å². The Bertz CT molecular complexity index is 829. The summed E-state index contributed by atoms with van der Waals surface area (Å²) in [6.45, 7) is 0.630. The van der Waals surface area contributed by atoms with Crippen LogP contribution in [0.15, 0.2) is 53.3 Å². The normalized spacial score (nSPS) is 13.2. The predicted molar refractivity (Wildman–Crippen MR) is 79.4 cm³/mol. The van der Waals surface area contributed by atoms with Crippen LogP contribution in [0.1, 0.15) is 16.2 Å². The lowest BCUT2D eigenvalue weighted by Crippen LogP contribution is -2.29. The van der Waals surface area contributed by atoms with E-state index in [0.717, 1.165) is 23.2 Å². The van der Waals surface area contributed by atoms with E-state index in [1.807, 2.05) is 24.3 Å². The van der Waals surface area contributed by atoms with Gasteiger partial charge in [-0.1, -0.05) is 23.4 Å². The molecule has 2 aromatic heterocycles. The van der Waals surface area contributed by atoms with Crippen molar-refractivity contribution in [1.29, 1.82) is 0 Å². The van der Waals surface area contributed by atoms with Gasteiger partial charge in [-0.25, -0.2) is 0 Å². The molecular weight excluding hydrogens is 280 g/mol. The Kier molecular flexibility index (Phi) is 2.93. The number of aromatic nitrogens is 3. The molecule has 1 aromatic carbocycles. The summed E-state index contributed by atoms with van der Waals surface area (Å²) >= 11 is 0. The first-order valence-corrected chi connectivity index (χ1v) is 6.97. The molecule has 0 atom stereocenters. The number of fused-ring (bicyclic) bond motifs is 1. The molecule has 3 heterocycles. The van der Waals surface area contributed by atoms with Crippen molar-refractivity contribution >= 4 is 11.6 Å². The van der Waals surface area contributed by atoms with E-state index in [0.29, 0.717) is 12.4 Å². The maximum absolute atomic E-state index is 12.6. The van der Waals surface area contributed by atoms with Crippen molar-refractivity contribution in [1.82, 2.24) is 15.1 Å². The van der Waals surface area contributed by atoms with Crippen LogP contribution in [0.3, 0.4) is 0 Å². The summed E-state index contributed by atoms with van der Waals surface area (Å²) in [5.41, 5.74) is 2.83. The zero-order valence-electron chi connectivity index (χ0n) is 11.6. The Balaban J connectivity index is 1.64. The van der Waals surface area contributed by atoms with E-state index >= 15 is 0 Å². The maximum atomic E-state index is 12.6. The van der Waals surface area contributed by atoms with Crippen LogP contribution < -0.4 is 4.90 Å². The lowest BCUT2D eigenvalue weighted by atomic mass is 10.2. The zero-order chi connectivity index (χ0) is 14.9. The second-order valence-corrected chi connectivity index (χ2v) is 4.99. The monoisotopic (exact) mass is 292 g/mol. The summed E-state index contributed by atoms with van der Waals surface area (Å²) < 4.78 is 5.14. The summed E-state index contributed by atoms with van der Waals surface area (Å²) in [4.78, 5) is 22.4. The minimum Gasteiger partial charge on any atom is -0.328 e. The molecule has 3 aromatic rings. The van der Waals surface area contributed by atoms with Gasteiger partial charge in [0.25, 0.3) is 0 Å².